The van der Waals surface area contributed by atoms with Gasteiger partial charge >= 0.3 is 0 Å². The fourth-order valence-electron chi connectivity index (χ4n) is 9.10. The van der Waals surface area contributed by atoms with Crippen LogP contribution in [0.15, 0.2) is 91.0 Å². The SMILES string of the molecule is C#Cc1ccc(CC2CCC(C(C(=O)CCc3ccccc3)c3ccc(C4=CC(C)C=C4)cc3)CC2)cc1CC1CC2OCCCC12. The lowest BCUT2D eigenvalue weighted by Crippen LogP contribution is -2.47. The highest BCUT2D eigenvalue weighted by Crippen LogP contribution is 2.45. The zero-order valence-corrected chi connectivity index (χ0v) is 28.1. The molecular formula is C45H50O2. The van der Waals surface area contributed by atoms with E-state index in [2.05, 4.69) is 97.8 Å². The quantitative estimate of drug-likeness (QED) is 0.199. The van der Waals surface area contributed by atoms with E-state index in [0.29, 0.717) is 47.9 Å². The maximum Gasteiger partial charge on any atom is 0.140 e. The molecule has 1 heterocycles. The normalized spacial score (nSPS) is 27.3. The van der Waals surface area contributed by atoms with Crippen LogP contribution in [-0.2, 0) is 28.8 Å². The first-order valence-corrected chi connectivity index (χ1v) is 18.3. The zero-order valence-electron chi connectivity index (χ0n) is 28.1. The Morgan fingerprint density at radius 1 is 0.936 bits per heavy atom. The Kier molecular flexibility index (Phi) is 9.92. The van der Waals surface area contributed by atoms with Gasteiger partial charge in [-0.1, -0.05) is 97.8 Å². The lowest BCUT2D eigenvalue weighted by Gasteiger charge is -2.47. The van der Waals surface area contributed by atoms with Crippen LogP contribution in [0.5, 0.6) is 0 Å². The molecule has 0 aromatic heterocycles. The maximum absolute atomic E-state index is 14.0. The number of allylic oxidation sites excluding steroid dienone is 4. The van der Waals surface area contributed by atoms with Crippen molar-refractivity contribution in [3.63, 3.8) is 0 Å². The highest BCUT2D eigenvalue weighted by Gasteiger charge is 2.43. The number of ketones is 1. The number of hydrogen-bond donors (Lipinski definition) is 0. The molecule has 242 valence electrons. The Bertz CT molecular complexity index is 1630. The molecule has 0 radical (unpaired) electrons. The number of terminal acetylenes is 1. The van der Waals surface area contributed by atoms with Crippen LogP contribution in [0.3, 0.4) is 0 Å². The second-order valence-corrected chi connectivity index (χ2v) is 14.9. The van der Waals surface area contributed by atoms with Crippen molar-refractivity contribution in [1.29, 1.82) is 0 Å². The van der Waals surface area contributed by atoms with E-state index in [4.69, 9.17) is 11.2 Å². The van der Waals surface area contributed by atoms with Crippen LogP contribution in [0.4, 0.5) is 0 Å². The minimum absolute atomic E-state index is 0.0303. The molecule has 4 aliphatic rings. The van der Waals surface area contributed by atoms with Crippen LogP contribution < -0.4 is 0 Å². The smallest absolute Gasteiger partial charge is 0.140 e. The molecule has 5 unspecified atom stereocenters. The average Bonchev–Trinajstić information content (AvgIpc) is 3.54. The average molecular weight is 623 g/mol. The van der Waals surface area contributed by atoms with Crippen LogP contribution in [-0.4, -0.2) is 18.5 Å². The van der Waals surface area contributed by atoms with Gasteiger partial charge in [0, 0.05) is 24.5 Å². The Labute approximate surface area is 282 Å². The highest BCUT2D eigenvalue weighted by atomic mass is 16.5. The molecule has 1 aliphatic heterocycles. The number of aryl methyl sites for hydroxylation is 1. The predicted molar refractivity (Wildman–Crippen MR) is 193 cm³/mol. The van der Waals surface area contributed by atoms with Crippen LogP contribution in [0.1, 0.15) is 97.6 Å². The van der Waals surface area contributed by atoms with Crippen molar-refractivity contribution in [3.05, 3.63) is 124 Å². The van der Waals surface area contributed by atoms with Gasteiger partial charge in [0.05, 0.1) is 6.10 Å². The number of benzene rings is 3. The van der Waals surface area contributed by atoms with Gasteiger partial charge in [-0.3, -0.25) is 4.79 Å². The van der Waals surface area contributed by atoms with Crippen molar-refractivity contribution >= 4 is 11.4 Å². The van der Waals surface area contributed by atoms with E-state index in [9.17, 15) is 4.79 Å². The summed E-state index contributed by atoms with van der Waals surface area (Å²) in [6.45, 7) is 3.16. The summed E-state index contributed by atoms with van der Waals surface area (Å²) in [6.07, 6.45) is 25.1. The lowest BCUT2D eigenvalue weighted by molar-refractivity contribution is -0.122. The molecule has 3 aromatic rings. The van der Waals surface area contributed by atoms with E-state index >= 15 is 0 Å². The van der Waals surface area contributed by atoms with Crippen molar-refractivity contribution in [2.24, 2.45) is 29.6 Å². The van der Waals surface area contributed by atoms with Crippen LogP contribution in [0.2, 0.25) is 0 Å². The van der Waals surface area contributed by atoms with Gasteiger partial charge in [0.25, 0.3) is 0 Å². The zero-order chi connectivity index (χ0) is 32.2. The first-order valence-electron chi connectivity index (χ1n) is 18.3. The molecule has 0 bridgehead atoms. The van der Waals surface area contributed by atoms with Crippen molar-refractivity contribution in [1.82, 2.24) is 0 Å². The molecule has 0 amide bonds. The highest BCUT2D eigenvalue weighted by molar-refractivity contribution is 5.86. The van der Waals surface area contributed by atoms with Crippen molar-refractivity contribution in [2.75, 3.05) is 6.61 Å². The molecule has 7 rings (SSSR count). The molecule has 0 N–H and O–H groups in total. The minimum Gasteiger partial charge on any atom is -0.378 e. The van der Waals surface area contributed by atoms with E-state index in [0.717, 1.165) is 44.3 Å². The Balaban J connectivity index is 1.01. The van der Waals surface area contributed by atoms with Crippen LogP contribution in [0, 0.1) is 41.9 Å². The standard InChI is InChI=1S/C45H50O2/c1-3-35-17-14-34(28-40(35)29-41-30-44-42(41)10-7-25-47-44)27-33-12-18-37(19-13-33)45(43(46)24-15-32-8-5-4-6-9-32)38-22-20-36(21-23-38)39-16-11-31(2)26-39/h1,4-6,8-9,11,14,16-17,20-23,26,28,31,33,37,41-42,44-45H,7,10,12-13,15,18-19,24-25,27,29-30H2,2H3. The minimum atomic E-state index is -0.0303. The van der Waals surface area contributed by atoms with Gasteiger partial charge in [0.1, 0.15) is 5.78 Å². The molecule has 3 fully saturated rings. The number of carbonyl (C=O) groups excluding carboxylic acids is 1. The second kappa shape index (κ2) is 14.6. The fraction of sp³-hybridized carbons (Fsp3) is 0.444. The second-order valence-electron chi connectivity index (χ2n) is 14.9. The summed E-state index contributed by atoms with van der Waals surface area (Å²) in [5.74, 6) is 6.29. The summed E-state index contributed by atoms with van der Waals surface area (Å²) < 4.78 is 5.99. The molecule has 47 heavy (non-hydrogen) atoms. The molecule has 1 saturated heterocycles. The monoisotopic (exact) mass is 622 g/mol. The Morgan fingerprint density at radius 2 is 1.74 bits per heavy atom. The van der Waals surface area contributed by atoms with E-state index < -0.39 is 0 Å². The van der Waals surface area contributed by atoms with Crippen LogP contribution >= 0.6 is 0 Å². The first kappa shape index (κ1) is 31.9. The summed E-state index contributed by atoms with van der Waals surface area (Å²) >= 11 is 0. The van der Waals surface area contributed by atoms with E-state index in [1.54, 1.807) is 0 Å². The largest absolute Gasteiger partial charge is 0.378 e. The summed E-state index contributed by atoms with van der Waals surface area (Å²) in [4.78, 5) is 14.0. The topological polar surface area (TPSA) is 26.3 Å². The number of carbonyl (C=O) groups is 1. The van der Waals surface area contributed by atoms with Crippen LogP contribution in [0.25, 0.3) is 5.57 Å². The van der Waals surface area contributed by atoms with E-state index in [-0.39, 0.29) is 5.92 Å². The van der Waals surface area contributed by atoms with Gasteiger partial charge in [0.15, 0.2) is 0 Å². The third-order valence-electron chi connectivity index (χ3n) is 11.8. The Morgan fingerprint density at radius 3 is 2.47 bits per heavy atom. The fourth-order valence-corrected chi connectivity index (χ4v) is 9.10. The number of ether oxygens (including phenoxy) is 1. The number of Topliss-reactive ketones (excluding diaryl/α,β-unsaturated/α-hetero) is 1. The van der Waals surface area contributed by atoms with E-state index in [1.807, 2.05) is 6.07 Å². The third-order valence-corrected chi connectivity index (χ3v) is 11.8. The number of hydrogen-bond acceptors (Lipinski definition) is 2. The first-order chi connectivity index (χ1) is 23.0. The number of rotatable bonds is 11. The molecular weight excluding hydrogens is 572 g/mol. The summed E-state index contributed by atoms with van der Waals surface area (Å²) in [7, 11) is 0. The van der Waals surface area contributed by atoms with Crippen molar-refractivity contribution < 1.29 is 9.53 Å². The van der Waals surface area contributed by atoms with Crippen molar-refractivity contribution in [3.8, 4) is 12.3 Å². The van der Waals surface area contributed by atoms with Gasteiger partial charge in [-0.2, -0.15) is 0 Å². The molecule has 2 nitrogen and oxygen atoms in total. The molecule has 0 spiro atoms. The van der Waals surface area contributed by atoms with Crippen molar-refractivity contribution in [2.45, 2.75) is 89.6 Å². The lowest BCUT2D eigenvalue weighted by atomic mass is 9.65. The molecule has 2 saturated carbocycles. The molecule has 2 heteroatoms. The maximum atomic E-state index is 14.0. The summed E-state index contributed by atoms with van der Waals surface area (Å²) in [5, 5.41) is 0. The van der Waals surface area contributed by atoms with E-state index in [1.165, 1.54) is 65.5 Å². The Hall–Kier alpha value is -3.67. The number of fused-ring (bicyclic) bond motifs is 1. The van der Waals surface area contributed by atoms with Gasteiger partial charge in [0.2, 0.25) is 0 Å². The molecule has 3 aromatic carbocycles. The molecule has 5 atom stereocenters. The third kappa shape index (κ3) is 7.42. The summed E-state index contributed by atoms with van der Waals surface area (Å²) in [5.41, 5.74) is 8.82. The predicted octanol–water partition coefficient (Wildman–Crippen LogP) is 9.95. The van der Waals surface area contributed by atoms with Gasteiger partial charge < -0.3 is 4.74 Å². The van der Waals surface area contributed by atoms with Gasteiger partial charge in [-0.25, -0.2) is 0 Å². The van der Waals surface area contributed by atoms with Gasteiger partial charge in [-0.05, 0) is 133 Å². The van der Waals surface area contributed by atoms with Gasteiger partial charge in [-0.15, -0.1) is 6.42 Å². The summed E-state index contributed by atoms with van der Waals surface area (Å²) in [6, 6.07) is 26.3. The molecule has 3 aliphatic carbocycles.